The zero-order valence-corrected chi connectivity index (χ0v) is 12.5. The number of nitrogens with zero attached hydrogens (tertiary/aromatic N) is 1. The van der Waals surface area contributed by atoms with Crippen LogP contribution in [0.3, 0.4) is 0 Å². The van der Waals surface area contributed by atoms with Crippen molar-refractivity contribution in [1.29, 1.82) is 0 Å². The van der Waals surface area contributed by atoms with Gasteiger partial charge in [0.2, 0.25) is 0 Å². The van der Waals surface area contributed by atoms with Crippen LogP contribution in [0.2, 0.25) is 0 Å². The molecule has 1 saturated carbocycles. The summed E-state index contributed by atoms with van der Waals surface area (Å²) in [6.07, 6.45) is 6.21. The maximum Gasteiger partial charge on any atom is 0.0697 e. The second kappa shape index (κ2) is 5.74. The highest BCUT2D eigenvalue weighted by Gasteiger charge is 2.43. The summed E-state index contributed by atoms with van der Waals surface area (Å²) in [5, 5.41) is 0. The van der Waals surface area contributed by atoms with Gasteiger partial charge in [-0.25, -0.2) is 0 Å². The van der Waals surface area contributed by atoms with Crippen molar-refractivity contribution in [3.8, 4) is 0 Å². The second-order valence-electron chi connectivity index (χ2n) is 6.29. The van der Waals surface area contributed by atoms with E-state index in [4.69, 9.17) is 10.5 Å². The molecule has 1 atom stereocenters. The van der Waals surface area contributed by atoms with Crippen molar-refractivity contribution in [3.63, 3.8) is 0 Å². The van der Waals surface area contributed by atoms with E-state index in [-0.39, 0.29) is 5.60 Å². The standard InChI is InChI=1S/C17H26N2O/c1-2-19(13-14-6-3-4-7-16(14)18)15-8-11-20-17(12-15)9-5-10-17/h3-4,6-7,15H,2,5,8-13,18H2,1H3. The predicted molar refractivity (Wildman–Crippen MR) is 82.5 cm³/mol. The van der Waals surface area contributed by atoms with Gasteiger partial charge >= 0.3 is 0 Å². The number of ether oxygens (including phenoxy) is 1. The Morgan fingerprint density at radius 2 is 2.15 bits per heavy atom. The highest BCUT2D eigenvalue weighted by molar-refractivity contribution is 5.46. The smallest absolute Gasteiger partial charge is 0.0697 e. The molecule has 2 fully saturated rings. The van der Waals surface area contributed by atoms with E-state index in [1.54, 1.807) is 0 Å². The molecule has 1 spiro atoms. The topological polar surface area (TPSA) is 38.5 Å². The lowest BCUT2D eigenvalue weighted by Crippen LogP contribution is -2.51. The molecule has 1 aromatic carbocycles. The first-order valence-electron chi connectivity index (χ1n) is 7.94. The summed E-state index contributed by atoms with van der Waals surface area (Å²) in [5.41, 5.74) is 8.48. The Balaban J connectivity index is 1.68. The Kier molecular flexibility index (Phi) is 3.99. The van der Waals surface area contributed by atoms with Crippen LogP contribution in [-0.2, 0) is 11.3 Å². The van der Waals surface area contributed by atoms with Crippen molar-refractivity contribution in [3.05, 3.63) is 29.8 Å². The fraction of sp³-hybridized carbons (Fsp3) is 0.647. The van der Waals surface area contributed by atoms with Crippen molar-refractivity contribution >= 4 is 5.69 Å². The second-order valence-corrected chi connectivity index (χ2v) is 6.29. The van der Waals surface area contributed by atoms with E-state index in [0.29, 0.717) is 6.04 Å². The minimum absolute atomic E-state index is 0.221. The van der Waals surface area contributed by atoms with Gasteiger partial charge in [0.25, 0.3) is 0 Å². The molecule has 2 N–H and O–H groups in total. The quantitative estimate of drug-likeness (QED) is 0.857. The molecule has 3 heteroatoms. The average Bonchev–Trinajstić information content (AvgIpc) is 2.45. The lowest BCUT2D eigenvalue weighted by molar-refractivity contribution is -0.149. The first-order chi connectivity index (χ1) is 9.72. The van der Waals surface area contributed by atoms with Gasteiger partial charge in [0.05, 0.1) is 5.60 Å². The Bertz CT molecular complexity index is 456. The Morgan fingerprint density at radius 1 is 1.35 bits per heavy atom. The first-order valence-corrected chi connectivity index (χ1v) is 7.94. The summed E-state index contributed by atoms with van der Waals surface area (Å²) in [7, 11) is 0. The molecule has 0 amide bonds. The van der Waals surface area contributed by atoms with Crippen LogP contribution in [0.5, 0.6) is 0 Å². The van der Waals surface area contributed by atoms with Crippen LogP contribution in [0.4, 0.5) is 5.69 Å². The summed E-state index contributed by atoms with van der Waals surface area (Å²) in [4.78, 5) is 2.58. The molecule has 20 heavy (non-hydrogen) atoms. The molecule has 1 unspecified atom stereocenters. The molecule has 1 aliphatic heterocycles. The fourth-order valence-corrected chi connectivity index (χ4v) is 3.63. The molecule has 0 bridgehead atoms. The van der Waals surface area contributed by atoms with E-state index in [1.165, 1.54) is 31.2 Å². The molecule has 1 aromatic rings. The highest BCUT2D eigenvalue weighted by atomic mass is 16.5. The molecule has 1 aliphatic carbocycles. The van der Waals surface area contributed by atoms with Gasteiger partial charge in [-0.3, -0.25) is 4.90 Å². The lowest BCUT2D eigenvalue weighted by Gasteiger charge is -2.49. The number of nitrogens with two attached hydrogens (primary N) is 1. The third-order valence-corrected chi connectivity index (χ3v) is 5.08. The fourth-order valence-electron chi connectivity index (χ4n) is 3.63. The summed E-state index contributed by atoms with van der Waals surface area (Å²) < 4.78 is 6.05. The van der Waals surface area contributed by atoms with Crippen molar-refractivity contribution in [2.75, 3.05) is 18.9 Å². The van der Waals surface area contributed by atoms with Crippen LogP contribution in [0.1, 0.15) is 44.6 Å². The third kappa shape index (κ3) is 2.70. The Labute approximate surface area is 122 Å². The molecular formula is C17H26N2O. The zero-order chi connectivity index (χ0) is 14.0. The van der Waals surface area contributed by atoms with E-state index < -0.39 is 0 Å². The molecule has 110 valence electrons. The van der Waals surface area contributed by atoms with E-state index in [1.807, 2.05) is 12.1 Å². The largest absolute Gasteiger partial charge is 0.398 e. The minimum Gasteiger partial charge on any atom is -0.398 e. The van der Waals surface area contributed by atoms with E-state index in [0.717, 1.165) is 31.8 Å². The van der Waals surface area contributed by atoms with Gasteiger partial charge in [-0.15, -0.1) is 0 Å². The van der Waals surface area contributed by atoms with Gasteiger partial charge in [-0.2, -0.15) is 0 Å². The van der Waals surface area contributed by atoms with Gasteiger partial charge in [0, 0.05) is 24.9 Å². The van der Waals surface area contributed by atoms with E-state index in [9.17, 15) is 0 Å². The van der Waals surface area contributed by atoms with Gasteiger partial charge in [0.1, 0.15) is 0 Å². The molecule has 3 nitrogen and oxygen atoms in total. The number of para-hydroxylation sites is 1. The van der Waals surface area contributed by atoms with Gasteiger partial charge < -0.3 is 10.5 Å². The first kappa shape index (κ1) is 13.9. The van der Waals surface area contributed by atoms with Crippen LogP contribution in [-0.4, -0.2) is 29.7 Å². The Hall–Kier alpha value is -1.06. The zero-order valence-electron chi connectivity index (χ0n) is 12.5. The maximum atomic E-state index is 6.09. The molecule has 2 aliphatic rings. The monoisotopic (exact) mass is 274 g/mol. The molecule has 1 heterocycles. The van der Waals surface area contributed by atoms with Crippen molar-refractivity contribution in [2.24, 2.45) is 0 Å². The third-order valence-electron chi connectivity index (χ3n) is 5.08. The van der Waals surface area contributed by atoms with Gasteiger partial charge in [0.15, 0.2) is 0 Å². The predicted octanol–water partition coefficient (Wildman–Crippen LogP) is 3.19. The summed E-state index contributed by atoms with van der Waals surface area (Å²) >= 11 is 0. The maximum absolute atomic E-state index is 6.09. The van der Waals surface area contributed by atoms with Crippen molar-refractivity contribution < 1.29 is 4.74 Å². The summed E-state index contributed by atoms with van der Waals surface area (Å²) in [5.74, 6) is 0. The van der Waals surface area contributed by atoms with Crippen LogP contribution in [0.25, 0.3) is 0 Å². The number of anilines is 1. The lowest BCUT2D eigenvalue weighted by atomic mass is 9.73. The molecule has 3 rings (SSSR count). The molecule has 0 radical (unpaired) electrons. The SMILES string of the molecule is CCN(Cc1ccccc1N)C1CCOC2(CCC2)C1. The highest BCUT2D eigenvalue weighted by Crippen LogP contribution is 2.43. The summed E-state index contributed by atoms with van der Waals surface area (Å²) in [6.45, 7) is 5.21. The molecular weight excluding hydrogens is 248 g/mol. The van der Waals surface area contributed by atoms with Crippen molar-refractivity contribution in [2.45, 2.75) is 57.2 Å². The van der Waals surface area contributed by atoms with Crippen LogP contribution in [0.15, 0.2) is 24.3 Å². The average molecular weight is 274 g/mol. The molecule has 1 saturated heterocycles. The minimum atomic E-state index is 0.221. The van der Waals surface area contributed by atoms with E-state index in [2.05, 4.69) is 24.0 Å². The van der Waals surface area contributed by atoms with E-state index >= 15 is 0 Å². The number of rotatable bonds is 4. The number of hydrogen-bond donors (Lipinski definition) is 1. The van der Waals surface area contributed by atoms with Crippen molar-refractivity contribution in [1.82, 2.24) is 4.90 Å². The van der Waals surface area contributed by atoms with Crippen LogP contribution >= 0.6 is 0 Å². The normalized spacial score (nSPS) is 24.8. The number of benzene rings is 1. The number of hydrogen-bond acceptors (Lipinski definition) is 3. The van der Waals surface area contributed by atoms with Crippen LogP contribution < -0.4 is 5.73 Å². The van der Waals surface area contributed by atoms with Crippen LogP contribution in [0, 0.1) is 0 Å². The Morgan fingerprint density at radius 3 is 2.80 bits per heavy atom. The molecule has 0 aromatic heterocycles. The number of nitrogen functional groups attached to an aromatic ring is 1. The van der Waals surface area contributed by atoms with Gasteiger partial charge in [-0.1, -0.05) is 25.1 Å². The summed E-state index contributed by atoms with van der Waals surface area (Å²) in [6, 6.07) is 8.88. The van der Waals surface area contributed by atoms with Gasteiger partial charge in [-0.05, 0) is 50.3 Å².